The van der Waals surface area contributed by atoms with E-state index in [0.717, 1.165) is 12.3 Å². The van der Waals surface area contributed by atoms with Gasteiger partial charge in [0.1, 0.15) is 0 Å². The minimum absolute atomic E-state index is 0.888. The molecule has 0 N–H and O–H groups in total. The Balaban J connectivity index is 3.61. The van der Waals surface area contributed by atoms with Gasteiger partial charge in [0.2, 0.25) is 0 Å². The van der Waals surface area contributed by atoms with Gasteiger partial charge in [-0.05, 0) is 44.9 Å². The molecule has 0 aromatic rings. The zero-order valence-electron chi connectivity index (χ0n) is 12.9. The molecular formula is C18H32. The maximum atomic E-state index is 2.37. The molecule has 18 heavy (non-hydrogen) atoms. The van der Waals surface area contributed by atoms with Crippen LogP contribution in [0.5, 0.6) is 0 Å². The van der Waals surface area contributed by atoms with Crippen LogP contribution in [-0.2, 0) is 0 Å². The highest BCUT2D eigenvalue weighted by molar-refractivity contribution is 5.05. The van der Waals surface area contributed by atoms with Crippen molar-refractivity contribution >= 4 is 0 Å². The average molecular weight is 248 g/mol. The van der Waals surface area contributed by atoms with Crippen LogP contribution in [-0.4, -0.2) is 0 Å². The van der Waals surface area contributed by atoms with Crippen LogP contribution in [0, 0.1) is 5.92 Å². The second-order valence-electron chi connectivity index (χ2n) is 4.94. The van der Waals surface area contributed by atoms with E-state index in [0.29, 0.717) is 0 Å². The summed E-state index contributed by atoms with van der Waals surface area (Å²) in [6.45, 7) is 8.94. The fourth-order valence-corrected chi connectivity index (χ4v) is 2.04. The predicted octanol–water partition coefficient (Wildman–Crippen LogP) is 6.45. The molecule has 0 nitrogen and oxygen atoms in total. The van der Waals surface area contributed by atoms with Gasteiger partial charge in [-0.3, -0.25) is 0 Å². The number of rotatable bonds is 10. The summed E-state index contributed by atoms with van der Waals surface area (Å²) in [6.07, 6.45) is 20.1. The number of hydrogen-bond donors (Lipinski definition) is 0. The van der Waals surface area contributed by atoms with Crippen LogP contribution in [0.3, 0.4) is 0 Å². The fraction of sp³-hybridized carbons (Fsp3) is 0.667. The van der Waals surface area contributed by atoms with Crippen molar-refractivity contribution in [1.82, 2.24) is 0 Å². The first kappa shape index (κ1) is 17.2. The molecule has 0 aromatic heterocycles. The molecule has 0 radical (unpaired) electrons. The lowest BCUT2D eigenvalue weighted by atomic mass is 9.99. The Labute approximate surface area is 115 Å². The summed E-state index contributed by atoms with van der Waals surface area (Å²) in [6, 6.07) is 0. The highest BCUT2D eigenvalue weighted by Crippen LogP contribution is 2.13. The largest absolute Gasteiger partial charge is 0.0883 e. The monoisotopic (exact) mass is 248 g/mol. The van der Waals surface area contributed by atoms with Crippen LogP contribution < -0.4 is 0 Å². The molecule has 0 heteroatoms. The van der Waals surface area contributed by atoms with Crippen molar-refractivity contribution in [2.75, 3.05) is 0 Å². The molecule has 0 saturated carbocycles. The smallest absolute Gasteiger partial charge is 0.0139 e. The fourth-order valence-electron chi connectivity index (χ4n) is 2.04. The first-order valence-corrected chi connectivity index (χ1v) is 7.72. The molecule has 0 bridgehead atoms. The standard InChI is InChI=1S/C18H32/c1-5-17(6-2)15-13-11-9-10-12-14-16-18(7-3)8-4/h5,11-14,18H,6-10,15-16H2,1-4H3. The van der Waals surface area contributed by atoms with Gasteiger partial charge < -0.3 is 0 Å². The molecule has 104 valence electrons. The van der Waals surface area contributed by atoms with Crippen molar-refractivity contribution in [2.24, 2.45) is 5.92 Å². The molecule has 0 fully saturated rings. The van der Waals surface area contributed by atoms with Crippen LogP contribution in [0.15, 0.2) is 36.0 Å². The Kier molecular flexibility index (Phi) is 12.1. The molecule has 0 spiro atoms. The van der Waals surface area contributed by atoms with Crippen molar-refractivity contribution in [3.8, 4) is 0 Å². The summed E-state index contributed by atoms with van der Waals surface area (Å²) in [5.74, 6) is 0.888. The highest BCUT2D eigenvalue weighted by Gasteiger charge is 1.98. The Hall–Kier alpha value is -0.780. The Bertz CT molecular complexity index is 251. The van der Waals surface area contributed by atoms with Gasteiger partial charge in [0, 0.05) is 0 Å². The zero-order valence-corrected chi connectivity index (χ0v) is 12.9. The van der Waals surface area contributed by atoms with Crippen molar-refractivity contribution < 1.29 is 0 Å². The Morgan fingerprint density at radius 1 is 0.889 bits per heavy atom. The lowest BCUT2D eigenvalue weighted by Gasteiger charge is -2.07. The molecular weight excluding hydrogens is 216 g/mol. The third-order valence-corrected chi connectivity index (χ3v) is 3.70. The van der Waals surface area contributed by atoms with Gasteiger partial charge in [-0.1, -0.05) is 69.6 Å². The van der Waals surface area contributed by atoms with Crippen molar-refractivity contribution in [2.45, 2.75) is 72.6 Å². The maximum Gasteiger partial charge on any atom is -0.0139 e. The summed E-state index contributed by atoms with van der Waals surface area (Å²) in [5.41, 5.74) is 1.54. The van der Waals surface area contributed by atoms with E-state index in [4.69, 9.17) is 0 Å². The van der Waals surface area contributed by atoms with E-state index in [1.165, 1.54) is 44.1 Å². The van der Waals surface area contributed by atoms with E-state index >= 15 is 0 Å². The maximum absolute atomic E-state index is 2.37. The summed E-state index contributed by atoms with van der Waals surface area (Å²) >= 11 is 0. The van der Waals surface area contributed by atoms with Crippen LogP contribution in [0.1, 0.15) is 72.6 Å². The minimum atomic E-state index is 0.888. The first-order chi connectivity index (χ1) is 8.78. The molecule has 0 aliphatic rings. The molecule has 0 atom stereocenters. The van der Waals surface area contributed by atoms with Gasteiger partial charge in [0.05, 0.1) is 0 Å². The Morgan fingerprint density at radius 3 is 2.00 bits per heavy atom. The third-order valence-electron chi connectivity index (χ3n) is 3.70. The van der Waals surface area contributed by atoms with E-state index in [1.807, 2.05) is 0 Å². The van der Waals surface area contributed by atoms with Crippen molar-refractivity contribution in [3.05, 3.63) is 36.0 Å². The van der Waals surface area contributed by atoms with Crippen LogP contribution in [0.4, 0.5) is 0 Å². The average Bonchev–Trinajstić information content (AvgIpc) is 2.41. The third kappa shape index (κ3) is 9.27. The van der Waals surface area contributed by atoms with Crippen LogP contribution >= 0.6 is 0 Å². The van der Waals surface area contributed by atoms with Gasteiger partial charge in [0.15, 0.2) is 0 Å². The van der Waals surface area contributed by atoms with E-state index in [-0.39, 0.29) is 0 Å². The SMILES string of the molecule is CC=C(CC)CC=CCCC=CCC(CC)CC. The Morgan fingerprint density at radius 2 is 1.50 bits per heavy atom. The second kappa shape index (κ2) is 12.7. The minimum Gasteiger partial charge on any atom is -0.0883 e. The molecule has 0 aliphatic carbocycles. The van der Waals surface area contributed by atoms with E-state index in [1.54, 1.807) is 0 Å². The quantitative estimate of drug-likeness (QED) is 0.308. The van der Waals surface area contributed by atoms with E-state index < -0.39 is 0 Å². The van der Waals surface area contributed by atoms with Crippen LogP contribution in [0.2, 0.25) is 0 Å². The molecule has 0 aromatic carbocycles. The predicted molar refractivity (Wildman–Crippen MR) is 84.9 cm³/mol. The number of unbranched alkanes of at least 4 members (excludes halogenated alkanes) is 1. The first-order valence-electron chi connectivity index (χ1n) is 7.72. The lowest BCUT2D eigenvalue weighted by Crippen LogP contribution is -1.93. The summed E-state index contributed by atoms with van der Waals surface area (Å²) in [7, 11) is 0. The highest BCUT2D eigenvalue weighted by atomic mass is 14.0. The molecule has 0 aliphatic heterocycles. The lowest BCUT2D eigenvalue weighted by molar-refractivity contribution is 0.499. The number of hydrogen-bond acceptors (Lipinski definition) is 0. The van der Waals surface area contributed by atoms with Gasteiger partial charge >= 0.3 is 0 Å². The molecule has 0 rings (SSSR count). The van der Waals surface area contributed by atoms with Gasteiger partial charge in [-0.15, -0.1) is 0 Å². The van der Waals surface area contributed by atoms with E-state index in [2.05, 4.69) is 58.1 Å². The molecule has 0 saturated heterocycles. The number of allylic oxidation sites excluding steroid dienone is 6. The normalized spacial score (nSPS) is 13.3. The van der Waals surface area contributed by atoms with E-state index in [9.17, 15) is 0 Å². The van der Waals surface area contributed by atoms with Crippen molar-refractivity contribution in [3.63, 3.8) is 0 Å². The molecule has 0 heterocycles. The summed E-state index contributed by atoms with van der Waals surface area (Å²) in [4.78, 5) is 0. The van der Waals surface area contributed by atoms with Gasteiger partial charge in [0.25, 0.3) is 0 Å². The van der Waals surface area contributed by atoms with Gasteiger partial charge in [-0.25, -0.2) is 0 Å². The second-order valence-corrected chi connectivity index (χ2v) is 4.94. The topological polar surface area (TPSA) is 0 Å². The summed E-state index contributed by atoms with van der Waals surface area (Å²) in [5, 5.41) is 0. The molecule has 0 unspecified atom stereocenters. The van der Waals surface area contributed by atoms with Crippen molar-refractivity contribution in [1.29, 1.82) is 0 Å². The zero-order chi connectivity index (χ0) is 13.6. The van der Waals surface area contributed by atoms with Crippen LogP contribution in [0.25, 0.3) is 0 Å². The molecule has 0 amide bonds. The van der Waals surface area contributed by atoms with Gasteiger partial charge in [-0.2, -0.15) is 0 Å². The summed E-state index contributed by atoms with van der Waals surface area (Å²) < 4.78 is 0.